The highest BCUT2D eigenvalue weighted by Crippen LogP contribution is 2.27. The molecule has 2 aromatic heterocycles. The molecule has 2 N–H and O–H groups in total. The van der Waals surface area contributed by atoms with Gasteiger partial charge in [0.05, 0.1) is 16.3 Å². The number of aromatic nitrogens is 3. The molecule has 0 bridgehead atoms. The van der Waals surface area contributed by atoms with Crippen molar-refractivity contribution in [1.82, 2.24) is 25.6 Å². The van der Waals surface area contributed by atoms with Crippen LogP contribution < -0.4 is 20.3 Å². The number of ether oxygens (including phenoxy) is 1. The number of nitrogens with zero attached hydrogens (tertiary/aromatic N) is 4. The van der Waals surface area contributed by atoms with E-state index in [4.69, 9.17) is 4.74 Å². The maximum absolute atomic E-state index is 11.8. The number of amides is 2. The van der Waals surface area contributed by atoms with Crippen LogP contribution in [0.25, 0.3) is 17.3 Å². The Bertz CT molecular complexity index is 1570. The van der Waals surface area contributed by atoms with Crippen molar-refractivity contribution in [3.8, 4) is 22.8 Å². The van der Waals surface area contributed by atoms with Crippen LogP contribution in [-0.4, -0.2) is 45.7 Å². The fourth-order valence-electron chi connectivity index (χ4n) is 4.93. The summed E-state index contributed by atoms with van der Waals surface area (Å²) in [5.74, 6) is 2.44. The highest BCUT2D eigenvalue weighted by atomic mass is 32.2. The van der Waals surface area contributed by atoms with Crippen molar-refractivity contribution in [3.05, 3.63) is 101 Å². The Morgan fingerprint density at radius 2 is 1.74 bits per heavy atom. The van der Waals surface area contributed by atoms with E-state index in [2.05, 4.69) is 42.6 Å². The topological polar surface area (TPSA) is 109 Å². The van der Waals surface area contributed by atoms with Gasteiger partial charge in [0.25, 0.3) is 11.1 Å². The Morgan fingerprint density at radius 3 is 2.45 bits per heavy atom. The van der Waals surface area contributed by atoms with E-state index in [0.717, 1.165) is 79.1 Å². The number of benzene rings is 2. The molecule has 2 aliphatic heterocycles. The maximum atomic E-state index is 11.8. The van der Waals surface area contributed by atoms with Crippen molar-refractivity contribution in [1.29, 1.82) is 0 Å². The number of para-hydroxylation sites is 1. The number of piperidine rings is 1. The molecule has 9 nitrogen and oxygen atoms in total. The smallest absolute Gasteiger partial charge is 0.290 e. The summed E-state index contributed by atoms with van der Waals surface area (Å²) in [6.07, 6.45) is 7.33. The van der Waals surface area contributed by atoms with Gasteiger partial charge < -0.3 is 15.0 Å². The lowest BCUT2D eigenvalue weighted by atomic mass is 9.97. The summed E-state index contributed by atoms with van der Waals surface area (Å²) >= 11 is 0.889. The van der Waals surface area contributed by atoms with Crippen molar-refractivity contribution in [2.75, 3.05) is 24.5 Å². The second kappa shape index (κ2) is 13.0. The molecule has 212 valence electrons. The number of carbonyl (C=O) groups is 2. The van der Waals surface area contributed by atoms with E-state index in [1.165, 1.54) is 0 Å². The zero-order valence-corrected chi connectivity index (χ0v) is 23.7. The van der Waals surface area contributed by atoms with E-state index in [1.54, 1.807) is 18.3 Å². The van der Waals surface area contributed by atoms with Crippen LogP contribution >= 0.6 is 11.8 Å². The van der Waals surface area contributed by atoms with Gasteiger partial charge >= 0.3 is 0 Å². The average Bonchev–Trinajstić information content (AvgIpc) is 3.34. The molecule has 2 aromatic carbocycles. The Balaban J connectivity index is 0.949. The monoisotopic (exact) mass is 578 g/mol. The van der Waals surface area contributed by atoms with Crippen LogP contribution in [-0.2, 0) is 11.3 Å². The minimum absolute atomic E-state index is 0.350. The summed E-state index contributed by atoms with van der Waals surface area (Å²) in [5, 5.41) is 5.49. The lowest BCUT2D eigenvalue weighted by Gasteiger charge is -2.32. The van der Waals surface area contributed by atoms with Gasteiger partial charge in [0, 0.05) is 37.6 Å². The number of imide groups is 1. The third-order valence-corrected chi connectivity index (χ3v) is 8.01. The van der Waals surface area contributed by atoms with Gasteiger partial charge in [-0.05, 0) is 97.2 Å². The summed E-state index contributed by atoms with van der Waals surface area (Å²) in [5.41, 5.74) is 3.74. The van der Waals surface area contributed by atoms with Crippen LogP contribution in [0.4, 0.5) is 10.7 Å². The first-order valence-electron chi connectivity index (χ1n) is 13.9. The van der Waals surface area contributed by atoms with Crippen molar-refractivity contribution < 1.29 is 14.3 Å². The molecule has 2 saturated heterocycles. The van der Waals surface area contributed by atoms with Crippen LogP contribution in [0.2, 0.25) is 0 Å². The number of pyridine rings is 1. The van der Waals surface area contributed by atoms with E-state index in [1.807, 2.05) is 60.8 Å². The third-order valence-electron chi connectivity index (χ3n) is 7.20. The van der Waals surface area contributed by atoms with E-state index in [-0.39, 0.29) is 11.1 Å². The van der Waals surface area contributed by atoms with E-state index in [9.17, 15) is 9.59 Å². The molecule has 0 aliphatic carbocycles. The SMILES string of the molecule is O=C1NC(=O)/C(=C\c2ccnc(N3CCC(CNCc4ccc(-c5ccc(Oc6ccccc6)cc5)nc4)CC3)n2)S1. The molecule has 0 saturated carbocycles. The number of carbonyl (C=O) groups excluding carboxylic acids is 2. The fourth-order valence-corrected chi connectivity index (χ4v) is 5.59. The van der Waals surface area contributed by atoms with Gasteiger partial charge in [-0.1, -0.05) is 24.3 Å². The molecule has 4 heterocycles. The molecule has 4 aromatic rings. The zero-order chi connectivity index (χ0) is 28.7. The summed E-state index contributed by atoms with van der Waals surface area (Å²) in [6.45, 7) is 3.44. The maximum Gasteiger partial charge on any atom is 0.290 e. The van der Waals surface area contributed by atoms with Gasteiger partial charge in [-0.15, -0.1) is 0 Å². The summed E-state index contributed by atoms with van der Waals surface area (Å²) in [6, 6.07) is 23.6. The predicted molar refractivity (Wildman–Crippen MR) is 164 cm³/mol. The van der Waals surface area contributed by atoms with Crippen LogP contribution in [0.5, 0.6) is 11.5 Å². The normalized spacial score (nSPS) is 16.6. The van der Waals surface area contributed by atoms with Crippen molar-refractivity contribution >= 4 is 34.9 Å². The predicted octanol–water partition coefficient (Wildman–Crippen LogP) is 5.66. The fraction of sp³-hybridized carbons (Fsp3) is 0.219. The molecule has 2 amide bonds. The largest absolute Gasteiger partial charge is 0.457 e. The summed E-state index contributed by atoms with van der Waals surface area (Å²) in [4.78, 5) is 39.5. The first-order valence-corrected chi connectivity index (χ1v) is 14.7. The molecule has 0 unspecified atom stereocenters. The second-order valence-corrected chi connectivity index (χ2v) is 11.2. The van der Waals surface area contributed by atoms with Crippen LogP contribution in [0.15, 0.2) is 90.1 Å². The van der Waals surface area contributed by atoms with Gasteiger partial charge in [-0.3, -0.25) is 19.9 Å². The third kappa shape index (κ3) is 7.02. The minimum Gasteiger partial charge on any atom is -0.457 e. The summed E-state index contributed by atoms with van der Waals surface area (Å²) < 4.78 is 5.88. The molecule has 0 radical (unpaired) electrons. The number of nitrogens with one attached hydrogen (secondary N) is 2. The number of hydrogen-bond donors (Lipinski definition) is 2. The first kappa shape index (κ1) is 27.6. The lowest BCUT2D eigenvalue weighted by Crippen LogP contribution is -2.38. The Morgan fingerprint density at radius 1 is 0.952 bits per heavy atom. The van der Waals surface area contributed by atoms with Gasteiger partial charge in [0.2, 0.25) is 5.95 Å². The molecule has 2 fully saturated rings. The molecule has 6 rings (SSSR count). The van der Waals surface area contributed by atoms with Crippen molar-refractivity contribution in [2.24, 2.45) is 5.92 Å². The Kier molecular flexibility index (Phi) is 8.53. The number of thioether (sulfide) groups is 1. The molecule has 10 heteroatoms. The van der Waals surface area contributed by atoms with E-state index in [0.29, 0.717) is 22.5 Å². The molecule has 2 aliphatic rings. The molecule has 42 heavy (non-hydrogen) atoms. The van der Waals surface area contributed by atoms with E-state index < -0.39 is 0 Å². The van der Waals surface area contributed by atoms with Gasteiger partial charge in [0.15, 0.2) is 0 Å². The summed E-state index contributed by atoms with van der Waals surface area (Å²) in [7, 11) is 0. The first-order chi connectivity index (χ1) is 20.6. The number of anilines is 1. The number of hydrogen-bond acceptors (Lipinski definition) is 9. The highest BCUT2D eigenvalue weighted by molar-refractivity contribution is 8.18. The van der Waals surface area contributed by atoms with Crippen LogP contribution in [0.1, 0.15) is 24.1 Å². The van der Waals surface area contributed by atoms with Gasteiger partial charge in [-0.25, -0.2) is 9.97 Å². The molecule has 0 atom stereocenters. The van der Waals surface area contributed by atoms with Crippen LogP contribution in [0, 0.1) is 5.92 Å². The van der Waals surface area contributed by atoms with Gasteiger partial charge in [-0.2, -0.15) is 0 Å². The Hall–Kier alpha value is -4.54. The zero-order valence-electron chi connectivity index (χ0n) is 22.9. The quantitative estimate of drug-likeness (QED) is 0.243. The minimum atomic E-state index is -0.384. The van der Waals surface area contributed by atoms with Crippen molar-refractivity contribution in [2.45, 2.75) is 19.4 Å². The lowest BCUT2D eigenvalue weighted by molar-refractivity contribution is -0.115. The Labute approximate surface area is 248 Å². The van der Waals surface area contributed by atoms with Crippen LogP contribution in [0.3, 0.4) is 0 Å². The number of rotatable bonds is 9. The average molecular weight is 579 g/mol. The molecule has 0 spiro atoms. The van der Waals surface area contributed by atoms with Gasteiger partial charge in [0.1, 0.15) is 11.5 Å². The van der Waals surface area contributed by atoms with Crippen molar-refractivity contribution in [3.63, 3.8) is 0 Å². The van der Waals surface area contributed by atoms with E-state index >= 15 is 0 Å². The molecular formula is C32H30N6O3S. The standard InChI is InChI=1S/C32H30N6O3S/c39-30-29(42-32(40)37-30)18-25-12-15-34-31(36-25)38-16-13-22(14-17-38)19-33-20-23-6-11-28(35-21-23)24-7-9-27(10-8-24)41-26-4-2-1-3-5-26/h1-12,15,18,21-22,33H,13-14,16-17,19-20H2,(H,37,39,40)/b29-18+. The highest BCUT2D eigenvalue weighted by Gasteiger charge is 2.25. The second-order valence-electron chi connectivity index (χ2n) is 10.2. The molecular weight excluding hydrogens is 548 g/mol.